The third-order valence-corrected chi connectivity index (χ3v) is 3.65. The number of nitrogens with one attached hydrogen (secondary N) is 1. The van der Waals surface area contributed by atoms with E-state index in [1.807, 2.05) is 0 Å². The fourth-order valence-electron chi connectivity index (χ4n) is 2.07. The van der Waals surface area contributed by atoms with Crippen LogP contribution in [0.4, 0.5) is 5.69 Å². The minimum Gasteiger partial charge on any atom is -0.409 e. The maximum Gasteiger partial charge on any atom is 0.229 e. The van der Waals surface area contributed by atoms with E-state index in [9.17, 15) is 4.79 Å². The van der Waals surface area contributed by atoms with Gasteiger partial charge in [-0.2, -0.15) is 0 Å². The monoisotopic (exact) mass is 341 g/mol. The van der Waals surface area contributed by atoms with Gasteiger partial charge in [0.05, 0.1) is 18.2 Å². The topological polar surface area (TPSA) is 96.9 Å². The smallest absolute Gasteiger partial charge is 0.229 e. The maximum atomic E-state index is 12.2. The highest BCUT2D eigenvalue weighted by molar-refractivity contribution is 9.10. The molecule has 2 rings (SSSR count). The van der Waals surface area contributed by atoms with E-state index in [4.69, 9.17) is 15.7 Å². The van der Waals surface area contributed by atoms with Crippen LogP contribution < -0.4 is 11.1 Å². The van der Waals surface area contributed by atoms with Crippen LogP contribution in [0.1, 0.15) is 18.4 Å². The molecule has 1 aromatic rings. The predicted octanol–water partition coefficient (Wildman–Crippen LogP) is 1.91. The van der Waals surface area contributed by atoms with Crippen LogP contribution in [0.25, 0.3) is 0 Å². The molecule has 108 valence electrons. The molecular weight excluding hydrogens is 326 g/mol. The number of rotatable bonds is 3. The van der Waals surface area contributed by atoms with Crippen LogP contribution in [0.15, 0.2) is 27.8 Å². The van der Waals surface area contributed by atoms with Crippen molar-refractivity contribution in [3.8, 4) is 0 Å². The van der Waals surface area contributed by atoms with E-state index in [2.05, 4.69) is 26.4 Å². The summed E-state index contributed by atoms with van der Waals surface area (Å²) < 4.78 is 6.08. The molecule has 0 aromatic heterocycles. The lowest BCUT2D eigenvalue weighted by atomic mass is 10.0. The van der Waals surface area contributed by atoms with Gasteiger partial charge >= 0.3 is 0 Å². The van der Waals surface area contributed by atoms with Crippen LogP contribution in [-0.2, 0) is 9.53 Å². The lowest BCUT2D eigenvalue weighted by Gasteiger charge is -2.22. The van der Waals surface area contributed by atoms with Crippen LogP contribution in [-0.4, -0.2) is 30.2 Å². The van der Waals surface area contributed by atoms with E-state index >= 15 is 0 Å². The zero-order chi connectivity index (χ0) is 14.5. The number of benzene rings is 1. The summed E-state index contributed by atoms with van der Waals surface area (Å²) in [6.45, 7) is 1.14. The van der Waals surface area contributed by atoms with Crippen molar-refractivity contribution in [2.24, 2.45) is 16.8 Å². The van der Waals surface area contributed by atoms with Crippen LogP contribution in [0.5, 0.6) is 0 Å². The van der Waals surface area contributed by atoms with Gasteiger partial charge in [0.15, 0.2) is 5.84 Å². The fraction of sp³-hybridized carbons (Fsp3) is 0.385. The van der Waals surface area contributed by atoms with Crippen molar-refractivity contribution < 1.29 is 14.7 Å². The van der Waals surface area contributed by atoms with E-state index in [0.29, 0.717) is 24.5 Å². The van der Waals surface area contributed by atoms with Crippen LogP contribution in [0.2, 0.25) is 0 Å². The molecule has 1 aromatic carbocycles. The van der Waals surface area contributed by atoms with Crippen molar-refractivity contribution in [3.63, 3.8) is 0 Å². The largest absolute Gasteiger partial charge is 0.409 e. The van der Waals surface area contributed by atoms with E-state index in [0.717, 1.165) is 17.3 Å². The zero-order valence-electron chi connectivity index (χ0n) is 10.8. The Balaban J connectivity index is 2.18. The molecule has 0 aliphatic carbocycles. The molecule has 1 unspecified atom stereocenters. The summed E-state index contributed by atoms with van der Waals surface area (Å²) in [4.78, 5) is 12.2. The molecule has 0 radical (unpaired) electrons. The normalized spacial score (nSPS) is 19.6. The van der Waals surface area contributed by atoms with Crippen molar-refractivity contribution >= 4 is 33.4 Å². The summed E-state index contributed by atoms with van der Waals surface area (Å²) in [5.74, 6) is -0.326. The molecule has 1 aliphatic heterocycles. The molecule has 1 aliphatic rings. The molecule has 0 saturated carbocycles. The number of nitrogens with zero attached hydrogens (tertiary/aromatic N) is 1. The summed E-state index contributed by atoms with van der Waals surface area (Å²) in [5, 5.41) is 14.6. The number of hydrogen-bond donors (Lipinski definition) is 3. The number of hydrogen-bond acceptors (Lipinski definition) is 4. The number of amides is 1. The average molecular weight is 342 g/mol. The third-order valence-electron chi connectivity index (χ3n) is 3.15. The summed E-state index contributed by atoms with van der Waals surface area (Å²) >= 11 is 3.31. The van der Waals surface area contributed by atoms with E-state index in [1.54, 1.807) is 18.2 Å². The van der Waals surface area contributed by atoms with Gasteiger partial charge in [-0.1, -0.05) is 21.1 Å². The molecule has 6 nitrogen and oxygen atoms in total. The molecule has 20 heavy (non-hydrogen) atoms. The molecule has 1 heterocycles. The SMILES string of the molecule is N/C(=N/O)c1cc(Br)ccc1NC(=O)C1CCCOC1. The molecule has 1 atom stereocenters. The maximum absolute atomic E-state index is 12.2. The van der Waals surface area contributed by atoms with Gasteiger partial charge in [0, 0.05) is 16.6 Å². The van der Waals surface area contributed by atoms with Gasteiger partial charge < -0.3 is 21.0 Å². The molecule has 0 spiro atoms. The number of amidine groups is 1. The number of carbonyl (C=O) groups excluding carboxylic acids is 1. The van der Waals surface area contributed by atoms with Crippen molar-refractivity contribution in [2.45, 2.75) is 12.8 Å². The number of carbonyl (C=O) groups is 1. The second kappa shape index (κ2) is 6.71. The number of nitrogens with two attached hydrogens (primary N) is 1. The Hall–Kier alpha value is -1.60. The summed E-state index contributed by atoms with van der Waals surface area (Å²) in [6.07, 6.45) is 1.69. The number of anilines is 1. The Kier molecular flexibility index (Phi) is 4.97. The summed E-state index contributed by atoms with van der Waals surface area (Å²) in [6, 6.07) is 5.17. The van der Waals surface area contributed by atoms with Crippen molar-refractivity contribution in [1.29, 1.82) is 0 Å². The van der Waals surface area contributed by atoms with Gasteiger partial charge in [-0.3, -0.25) is 4.79 Å². The first-order valence-electron chi connectivity index (χ1n) is 6.28. The Morgan fingerprint density at radius 3 is 3.00 bits per heavy atom. The average Bonchev–Trinajstić information content (AvgIpc) is 2.49. The summed E-state index contributed by atoms with van der Waals surface area (Å²) in [7, 11) is 0. The van der Waals surface area contributed by atoms with Crippen molar-refractivity contribution in [1.82, 2.24) is 0 Å². The molecule has 1 fully saturated rings. The van der Waals surface area contributed by atoms with Crippen molar-refractivity contribution in [3.05, 3.63) is 28.2 Å². The number of halogens is 1. The first-order valence-corrected chi connectivity index (χ1v) is 7.07. The first-order chi connectivity index (χ1) is 9.61. The molecule has 1 amide bonds. The Morgan fingerprint density at radius 2 is 2.35 bits per heavy atom. The lowest BCUT2D eigenvalue weighted by molar-refractivity contribution is -0.123. The highest BCUT2D eigenvalue weighted by Gasteiger charge is 2.22. The number of ether oxygens (including phenoxy) is 1. The highest BCUT2D eigenvalue weighted by Crippen LogP contribution is 2.23. The Morgan fingerprint density at radius 1 is 1.55 bits per heavy atom. The predicted molar refractivity (Wildman–Crippen MR) is 78.8 cm³/mol. The summed E-state index contributed by atoms with van der Waals surface area (Å²) in [5.41, 5.74) is 6.60. The Bertz CT molecular complexity index is 528. The molecular formula is C13H16BrN3O3. The minimum absolute atomic E-state index is 0.0542. The van der Waals surface area contributed by atoms with E-state index < -0.39 is 0 Å². The van der Waals surface area contributed by atoms with Gasteiger partial charge in [-0.05, 0) is 31.0 Å². The van der Waals surface area contributed by atoms with Gasteiger partial charge in [0.1, 0.15) is 0 Å². The number of oxime groups is 1. The highest BCUT2D eigenvalue weighted by atomic mass is 79.9. The molecule has 1 saturated heterocycles. The van der Waals surface area contributed by atoms with E-state index in [1.165, 1.54) is 0 Å². The molecule has 4 N–H and O–H groups in total. The lowest BCUT2D eigenvalue weighted by Crippen LogP contribution is -2.31. The second-order valence-electron chi connectivity index (χ2n) is 4.58. The second-order valence-corrected chi connectivity index (χ2v) is 5.49. The third kappa shape index (κ3) is 3.49. The fourth-order valence-corrected chi connectivity index (χ4v) is 2.43. The quantitative estimate of drug-likeness (QED) is 0.338. The zero-order valence-corrected chi connectivity index (χ0v) is 12.4. The van der Waals surface area contributed by atoms with Crippen molar-refractivity contribution in [2.75, 3.05) is 18.5 Å². The first kappa shape index (κ1) is 14.8. The van der Waals surface area contributed by atoms with Crippen LogP contribution in [0, 0.1) is 5.92 Å². The minimum atomic E-state index is -0.160. The van der Waals surface area contributed by atoms with Gasteiger partial charge in [0.2, 0.25) is 5.91 Å². The van der Waals surface area contributed by atoms with Gasteiger partial charge in [0.25, 0.3) is 0 Å². The van der Waals surface area contributed by atoms with Crippen LogP contribution >= 0.6 is 15.9 Å². The Labute approximate surface area is 125 Å². The molecule has 7 heteroatoms. The van der Waals surface area contributed by atoms with Gasteiger partial charge in [-0.15, -0.1) is 0 Å². The molecule has 0 bridgehead atoms. The standard InChI is InChI=1S/C13H16BrN3O3/c14-9-3-4-11(10(6-9)12(15)17-19)16-13(18)8-2-1-5-20-7-8/h3-4,6,8,19H,1-2,5,7H2,(H2,15,17)(H,16,18). The van der Waals surface area contributed by atoms with Crippen LogP contribution in [0.3, 0.4) is 0 Å². The van der Waals surface area contributed by atoms with E-state index in [-0.39, 0.29) is 17.7 Å². The van der Waals surface area contributed by atoms with Gasteiger partial charge in [-0.25, -0.2) is 0 Å².